The number of hydrogen-bond donors (Lipinski definition) is 0. The molecule has 666 valence electrons. The van der Waals surface area contributed by atoms with Crippen molar-refractivity contribution in [3.8, 4) is 11.5 Å². The molecule has 0 aliphatic rings. The number of carbonyl (C=O) groups is 6. The Hall–Kier alpha value is -17.6. The maximum Gasteiger partial charge on any atom is 0.150 e. The van der Waals surface area contributed by atoms with Crippen LogP contribution in [0.5, 0.6) is 11.5 Å². The normalized spacial score (nSPS) is 10.2. The number of aldehydes is 6. The summed E-state index contributed by atoms with van der Waals surface area (Å²) < 4.78 is 10.8. The van der Waals surface area contributed by atoms with Crippen LogP contribution < -0.4 is 38.9 Å². The molecule has 0 fully saturated rings. The van der Waals surface area contributed by atoms with Crippen molar-refractivity contribution < 1.29 is 38.2 Å². The topological polar surface area (TPSA) is 140 Å². The number of ether oxygens (including phenoxy) is 2. The lowest BCUT2D eigenvalue weighted by Gasteiger charge is -2.25. The van der Waals surface area contributed by atoms with Crippen LogP contribution in [0.2, 0.25) is 0 Å². The van der Waals surface area contributed by atoms with E-state index in [0.29, 0.717) is 40.0 Å². The highest BCUT2D eigenvalue weighted by molar-refractivity contribution is 5.87. The average Bonchev–Trinajstić information content (AvgIpc) is 0.932. The van der Waals surface area contributed by atoms with Gasteiger partial charge in [-0.1, -0.05) is 180 Å². The SMILES string of the molecule is CCOc1ccc(N(c2ccccc2)c2ccc(C=O)cc2)cc1.COc1ccc(N(c2ccccc2)c2ccc(C=O)cc2)cc1.Cc1ccc(N(c2ccc(C)cc2)c2ccc(C=O)cc2)cc1.Cc1ccc(N(c2ccccc2)c2ccc(C=O)cc2)cc1.Cc1ccc(N(c2ccccc2)c2ccc(C=O)cc2)cc1.O=Cc1ccc(N(c2ccccc2)c2ccccc2)cc1. The Morgan fingerprint density at radius 3 is 0.430 bits per heavy atom. The first-order valence-corrected chi connectivity index (χ1v) is 44.3. The second-order valence-electron chi connectivity index (χ2n) is 31.2. The summed E-state index contributed by atoms with van der Waals surface area (Å²) in [4.78, 5) is 78.2. The van der Waals surface area contributed by atoms with Crippen molar-refractivity contribution in [2.75, 3.05) is 43.1 Å². The Labute approximate surface area is 791 Å². The molecule has 0 radical (unpaired) electrons. The molecule has 0 aliphatic carbocycles. The zero-order chi connectivity index (χ0) is 94.3. The summed E-state index contributed by atoms with van der Waals surface area (Å²) >= 11 is 0. The third kappa shape index (κ3) is 26.6. The van der Waals surface area contributed by atoms with Crippen LogP contribution >= 0.6 is 0 Å². The van der Waals surface area contributed by atoms with Gasteiger partial charge in [0.25, 0.3) is 0 Å². The Bertz CT molecular complexity index is 6440. The second-order valence-corrected chi connectivity index (χ2v) is 31.2. The number of methoxy groups -OCH3 is 1. The lowest BCUT2D eigenvalue weighted by molar-refractivity contribution is 0.111. The summed E-state index contributed by atoms with van der Waals surface area (Å²) in [6.07, 6.45) is 5.16. The van der Waals surface area contributed by atoms with Gasteiger partial charge in [-0.15, -0.1) is 0 Å². The van der Waals surface area contributed by atoms with Crippen molar-refractivity contribution in [3.63, 3.8) is 0 Å². The molecule has 135 heavy (non-hydrogen) atoms. The number of benzene rings is 18. The largest absolute Gasteiger partial charge is 0.497 e. The molecule has 0 unspecified atom stereocenters. The quantitative estimate of drug-likeness (QED) is 0.0451. The van der Waals surface area contributed by atoms with Gasteiger partial charge in [0, 0.05) is 136 Å². The van der Waals surface area contributed by atoms with Crippen molar-refractivity contribution in [2.24, 2.45) is 0 Å². The van der Waals surface area contributed by atoms with E-state index in [9.17, 15) is 28.8 Å². The zero-order valence-electron chi connectivity index (χ0n) is 76.2. The molecule has 0 aliphatic heterocycles. The molecular formula is C121H104N6O8. The van der Waals surface area contributed by atoms with Crippen LogP contribution in [0.4, 0.5) is 102 Å². The van der Waals surface area contributed by atoms with E-state index in [1.807, 2.05) is 310 Å². The molecule has 0 amide bonds. The average molecular weight is 1770 g/mol. The molecule has 14 nitrogen and oxygen atoms in total. The van der Waals surface area contributed by atoms with Crippen LogP contribution in [0.3, 0.4) is 0 Å². The molecule has 0 saturated heterocycles. The van der Waals surface area contributed by atoms with Gasteiger partial charge in [0.15, 0.2) is 0 Å². The minimum atomic E-state index is 0.648. The predicted octanol–water partition coefficient (Wildman–Crippen LogP) is 31.5. The highest BCUT2D eigenvalue weighted by atomic mass is 16.5. The fourth-order valence-electron chi connectivity index (χ4n) is 14.7. The predicted molar refractivity (Wildman–Crippen MR) is 556 cm³/mol. The molecule has 0 aromatic heterocycles. The van der Waals surface area contributed by atoms with E-state index >= 15 is 0 Å². The van der Waals surface area contributed by atoms with E-state index in [-0.39, 0.29) is 0 Å². The van der Waals surface area contributed by atoms with E-state index in [1.165, 1.54) is 22.3 Å². The van der Waals surface area contributed by atoms with Crippen LogP contribution in [0.15, 0.2) is 473 Å². The summed E-state index contributed by atoms with van der Waals surface area (Å²) in [5, 5.41) is 0. The second kappa shape index (κ2) is 49.2. The monoisotopic (exact) mass is 1770 g/mol. The van der Waals surface area contributed by atoms with Crippen molar-refractivity contribution >= 4 is 140 Å². The molecule has 18 aromatic carbocycles. The molecule has 0 bridgehead atoms. The van der Waals surface area contributed by atoms with Gasteiger partial charge in [-0.2, -0.15) is 0 Å². The van der Waals surface area contributed by atoms with Crippen molar-refractivity contribution in [1.29, 1.82) is 0 Å². The lowest BCUT2D eigenvalue weighted by atomic mass is 10.1. The van der Waals surface area contributed by atoms with E-state index in [2.05, 4.69) is 227 Å². The van der Waals surface area contributed by atoms with Gasteiger partial charge in [-0.05, 0) is 350 Å². The number of anilines is 18. The molecule has 0 spiro atoms. The Balaban J connectivity index is 0.000000137. The molecule has 0 N–H and O–H groups in total. The summed E-state index contributed by atoms with van der Waals surface area (Å²) in [6, 6.07) is 156. The van der Waals surface area contributed by atoms with E-state index in [4.69, 9.17) is 9.47 Å². The summed E-state index contributed by atoms with van der Waals surface area (Å²) in [7, 11) is 1.65. The Kier molecular flexibility index (Phi) is 34.6. The standard InChI is InChI=1S/C21H19NO2.C21H19NO.C20H17NO2.2C20H17NO.C19H15NO/c1-2-24-21-14-12-20(13-15-21)22(18-6-4-3-5-7-18)19-10-8-17(16-23)9-11-19;1-16-3-9-19(10-4-16)22(20-11-5-17(2)6-12-20)21-13-7-18(15-23)8-14-21;1-23-20-13-11-19(12-14-20)21(17-5-3-2-4-6-17)18-9-7-16(15-22)8-10-18;2*1-16-7-11-19(12-8-16)21(18-5-3-2-4-6-18)20-13-9-17(15-22)10-14-20;21-15-16-11-13-19(14-12-16)20(17-7-3-1-4-8-17)18-9-5-2-6-10-18/h3-16H,2H2,1H3;3-15H,1-2H3;2-15H,1H3;2*2-15H,1H3;1-15H. The van der Waals surface area contributed by atoms with Crippen molar-refractivity contribution in [3.05, 3.63) is 529 Å². The van der Waals surface area contributed by atoms with E-state index in [0.717, 1.165) is 152 Å². The van der Waals surface area contributed by atoms with Crippen LogP contribution in [0.25, 0.3) is 0 Å². The van der Waals surface area contributed by atoms with E-state index in [1.54, 1.807) is 7.11 Å². The first-order valence-electron chi connectivity index (χ1n) is 44.3. The highest BCUT2D eigenvalue weighted by Crippen LogP contribution is 2.42. The van der Waals surface area contributed by atoms with Crippen molar-refractivity contribution in [1.82, 2.24) is 0 Å². The molecule has 18 aromatic rings. The first-order chi connectivity index (χ1) is 66.2. The zero-order valence-corrected chi connectivity index (χ0v) is 76.2. The molecular weight excluding hydrogens is 1670 g/mol. The molecule has 0 atom stereocenters. The molecule has 14 heteroatoms. The molecule has 18 rings (SSSR count). The maximum atomic E-state index is 10.9. The minimum absolute atomic E-state index is 0.648. The van der Waals surface area contributed by atoms with Crippen LogP contribution in [-0.4, -0.2) is 51.4 Å². The third-order valence-electron chi connectivity index (χ3n) is 21.7. The number of para-hydroxylation sites is 6. The minimum Gasteiger partial charge on any atom is -0.497 e. The maximum absolute atomic E-state index is 10.9. The Morgan fingerprint density at radius 1 is 0.170 bits per heavy atom. The number of hydrogen-bond acceptors (Lipinski definition) is 14. The van der Waals surface area contributed by atoms with Crippen LogP contribution in [-0.2, 0) is 0 Å². The van der Waals surface area contributed by atoms with Gasteiger partial charge >= 0.3 is 0 Å². The number of rotatable bonds is 27. The summed E-state index contributed by atoms with van der Waals surface area (Å²) in [5.74, 6) is 1.67. The lowest BCUT2D eigenvalue weighted by Crippen LogP contribution is -2.09. The third-order valence-corrected chi connectivity index (χ3v) is 21.7. The van der Waals surface area contributed by atoms with Crippen LogP contribution in [0, 0.1) is 27.7 Å². The van der Waals surface area contributed by atoms with E-state index < -0.39 is 0 Å². The fourth-order valence-corrected chi connectivity index (χ4v) is 14.7. The number of nitrogens with zero attached hydrogens (tertiary/aromatic N) is 6. The molecule has 0 heterocycles. The molecule has 0 saturated carbocycles. The van der Waals surface area contributed by atoms with Gasteiger partial charge in [0.2, 0.25) is 0 Å². The smallest absolute Gasteiger partial charge is 0.150 e. The van der Waals surface area contributed by atoms with Crippen molar-refractivity contribution in [2.45, 2.75) is 34.6 Å². The van der Waals surface area contributed by atoms with Gasteiger partial charge in [-0.3, -0.25) is 28.8 Å². The summed E-state index contributed by atoms with van der Waals surface area (Å²) in [6.45, 7) is 10.9. The van der Waals surface area contributed by atoms with Crippen LogP contribution in [0.1, 0.15) is 91.3 Å². The first kappa shape index (κ1) is 95.0. The van der Waals surface area contributed by atoms with Gasteiger partial charge in [-0.25, -0.2) is 0 Å². The van der Waals surface area contributed by atoms with Gasteiger partial charge in [0.1, 0.15) is 49.2 Å². The van der Waals surface area contributed by atoms with Gasteiger partial charge in [0.05, 0.1) is 13.7 Å². The highest BCUT2D eigenvalue weighted by Gasteiger charge is 2.19. The van der Waals surface area contributed by atoms with Gasteiger partial charge < -0.3 is 38.9 Å². The Morgan fingerprint density at radius 2 is 0.296 bits per heavy atom. The number of aryl methyl sites for hydroxylation is 4. The fraction of sp³-hybridized carbons (Fsp3) is 0.0579. The summed E-state index contributed by atoms with van der Waals surface area (Å²) in [5.41, 5.74) is 28.0. The number of carbonyl (C=O) groups excluding carboxylic acids is 6.